The summed E-state index contributed by atoms with van der Waals surface area (Å²) in [7, 11) is 0. The van der Waals surface area contributed by atoms with E-state index in [1.165, 1.54) is 10.9 Å². The predicted octanol–water partition coefficient (Wildman–Crippen LogP) is 4.50. The maximum atomic E-state index is 13.5. The van der Waals surface area contributed by atoms with Crippen molar-refractivity contribution in [1.82, 2.24) is 5.32 Å². The van der Waals surface area contributed by atoms with E-state index in [4.69, 9.17) is 0 Å². The Labute approximate surface area is 113 Å². The second kappa shape index (κ2) is 5.76. The van der Waals surface area contributed by atoms with Gasteiger partial charge in [0, 0.05) is 32.9 Å². The van der Waals surface area contributed by atoms with E-state index >= 15 is 0 Å². The molecule has 1 N–H and O–H groups in total. The average molecular weight is 314 g/mol. The highest BCUT2D eigenvalue weighted by molar-refractivity contribution is 9.10. The molecule has 0 spiro atoms. The Bertz CT molecular complexity index is 498. The van der Waals surface area contributed by atoms with Gasteiger partial charge in [-0.3, -0.25) is 0 Å². The molecule has 0 amide bonds. The molecule has 90 valence electrons. The third-order valence-corrected chi connectivity index (χ3v) is 4.27. The topological polar surface area (TPSA) is 12.0 Å². The molecule has 1 nitrogen and oxygen atoms in total. The number of hydrogen-bond acceptors (Lipinski definition) is 2. The summed E-state index contributed by atoms with van der Waals surface area (Å²) in [6.45, 7) is 2.73. The Morgan fingerprint density at radius 2 is 2.18 bits per heavy atom. The van der Waals surface area contributed by atoms with Crippen LogP contribution in [0.2, 0.25) is 0 Å². The van der Waals surface area contributed by atoms with Crippen LogP contribution in [0.1, 0.15) is 23.4 Å². The van der Waals surface area contributed by atoms with Crippen molar-refractivity contribution in [2.75, 3.05) is 0 Å². The molecule has 0 fully saturated rings. The summed E-state index contributed by atoms with van der Waals surface area (Å²) in [5, 5.41) is 5.37. The van der Waals surface area contributed by atoms with Gasteiger partial charge in [0.2, 0.25) is 0 Å². The monoisotopic (exact) mass is 313 g/mol. The van der Waals surface area contributed by atoms with E-state index in [-0.39, 0.29) is 11.9 Å². The molecule has 2 aromatic rings. The summed E-state index contributed by atoms with van der Waals surface area (Å²) in [5.41, 5.74) is 0.711. The smallest absolute Gasteiger partial charge is 0.127 e. The first kappa shape index (κ1) is 12.7. The Balaban J connectivity index is 1.98. The highest BCUT2D eigenvalue weighted by Gasteiger charge is 2.09. The molecule has 0 radical (unpaired) electrons. The second-order valence-corrected chi connectivity index (χ2v) is 5.77. The van der Waals surface area contributed by atoms with Crippen molar-refractivity contribution in [2.45, 2.75) is 19.5 Å². The minimum absolute atomic E-state index is 0.0112. The molecule has 17 heavy (non-hydrogen) atoms. The van der Waals surface area contributed by atoms with Crippen molar-refractivity contribution in [3.8, 4) is 0 Å². The molecule has 1 aromatic carbocycles. The molecule has 0 aliphatic rings. The molecule has 0 aliphatic heterocycles. The van der Waals surface area contributed by atoms with Crippen molar-refractivity contribution in [3.05, 3.63) is 56.4 Å². The number of thiophene rings is 1. The third-order valence-electron chi connectivity index (χ3n) is 2.58. The van der Waals surface area contributed by atoms with E-state index in [0.717, 1.165) is 11.0 Å². The molecular formula is C13H13BrFNS. The average Bonchev–Trinajstić information content (AvgIpc) is 2.73. The van der Waals surface area contributed by atoms with Crippen LogP contribution in [0.5, 0.6) is 0 Å². The quantitative estimate of drug-likeness (QED) is 0.876. The zero-order valence-electron chi connectivity index (χ0n) is 9.41. The largest absolute Gasteiger partial charge is 0.305 e. The molecule has 1 atom stereocenters. The van der Waals surface area contributed by atoms with Crippen LogP contribution in [-0.2, 0) is 6.54 Å². The number of benzene rings is 1. The van der Waals surface area contributed by atoms with Crippen molar-refractivity contribution in [1.29, 1.82) is 0 Å². The zero-order chi connectivity index (χ0) is 12.3. The van der Waals surface area contributed by atoms with Crippen molar-refractivity contribution < 1.29 is 4.39 Å². The van der Waals surface area contributed by atoms with Gasteiger partial charge < -0.3 is 5.32 Å². The molecule has 0 aliphatic carbocycles. The van der Waals surface area contributed by atoms with Gasteiger partial charge in [-0.25, -0.2) is 4.39 Å². The van der Waals surface area contributed by atoms with E-state index in [0.29, 0.717) is 5.56 Å². The van der Waals surface area contributed by atoms with E-state index in [1.807, 2.05) is 24.4 Å². The van der Waals surface area contributed by atoms with Crippen LogP contribution >= 0.6 is 27.3 Å². The van der Waals surface area contributed by atoms with E-state index in [9.17, 15) is 4.39 Å². The van der Waals surface area contributed by atoms with Crippen molar-refractivity contribution in [2.24, 2.45) is 0 Å². The van der Waals surface area contributed by atoms with Gasteiger partial charge >= 0.3 is 0 Å². The van der Waals surface area contributed by atoms with Crippen LogP contribution in [-0.4, -0.2) is 0 Å². The zero-order valence-corrected chi connectivity index (χ0v) is 11.8. The Morgan fingerprint density at radius 3 is 2.82 bits per heavy atom. The number of hydrogen-bond donors (Lipinski definition) is 1. The van der Waals surface area contributed by atoms with E-state index in [2.05, 4.69) is 27.3 Å². The van der Waals surface area contributed by atoms with Crippen LogP contribution in [0, 0.1) is 5.82 Å². The van der Waals surface area contributed by atoms with Gasteiger partial charge in [0.1, 0.15) is 5.82 Å². The number of nitrogens with one attached hydrogen (secondary N) is 1. The van der Waals surface area contributed by atoms with Gasteiger partial charge in [-0.05, 0) is 35.0 Å². The molecule has 0 unspecified atom stereocenters. The lowest BCUT2D eigenvalue weighted by Gasteiger charge is -2.14. The summed E-state index contributed by atoms with van der Waals surface area (Å²) in [6, 6.07) is 8.97. The van der Waals surface area contributed by atoms with Crippen molar-refractivity contribution >= 4 is 27.3 Å². The fraction of sp³-hybridized carbons (Fsp3) is 0.231. The third kappa shape index (κ3) is 3.37. The predicted molar refractivity (Wildman–Crippen MR) is 73.7 cm³/mol. The fourth-order valence-electron chi connectivity index (χ4n) is 1.64. The summed E-state index contributed by atoms with van der Waals surface area (Å²) in [6.07, 6.45) is 0. The fourth-order valence-corrected chi connectivity index (χ4v) is 3.04. The number of halogens is 2. The molecular weight excluding hydrogens is 301 g/mol. The summed E-state index contributed by atoms with van der Waals surface area (Å²) in [4.78, 5) is 1.24. The molecule has 0 bridgehead atoms. The van der Waals surface area contributed by atoms with E-state index in [1.54, 1.807) is 17.4 Å². The molecule has 1 heterocycles. The van der Waals surface area contributed by atoms with E-state index < -0.39 is 0 Å². The Morgan fingerprint density at radius 1 is 1.41 bits per heavy atom. The maximum Gasteiger partial charge on any atom is 0.127 e. The lowest BCUT2D eigenvalue weighted by atomic mass is 10.1. The lowest BCUT2D eigenvalue weighted by molar-refractivity contribution is 0.530. The minimum atomic E-state index is -0.153. The molecule has 1 aromatic heterocycles. The maximum absolute atomic E-state index is 13.5. The standard InChI is InChI=1S/C13H13BrFNS/c1-9(12-4-2-3-5-13(12)15)16-7-11-6-10(14)8-17-11/h2-6,8-9,16H,7H2,1H3/t9-/m1/s1. The highest BCUT2D eigenvalue weighted by atomic mass is 79.9. The summed E-state index contributed by atoms with van der Waals surface area (Å²) >= 11 is 5.11. The normalized spacial score (nSPS) is 12.6. The van der Waals surface area contributed by atoms with Gasteiger partial charge in [0.15, 0.2) is 0 Å². The first-order valence-electron chi connectivity index (χ1n) is 5.37. The van der Waals surface area contributed by atoms with Crippen molar-refractivity contribution in [3.63, 3.8) is 0 Å². The van der Waals surface area contributed by atoms with Crippen LogP contribution in [0.15, 0.2) is 40.2 Å². The first-order valence-corrected chi connectivity index (χ1v) is 7.05. The number of rotatable bonds is 4. The van der Waals surface area contributed by atoms with Gasteiger partial charge in [-0.2, -0.15) is 0 Å². The minimum Gasteiger partial charge on any atom is -0.305 e. The highest BCUT2D eigenvalue weighted by Crippen LogP contribution is 2.21. The van der Waals surface area contributed by atoms with Gasteiger partial charge in [-0.15, -0.1) is 11.3 Å². The van der Waals surface area contributed by atoms with Crippen LogP contribution in [0.4, 0.5) is 4.39 Å². The van der Waals surface area contributed by atoms with Crippen LogP contribution in [0.3, 0.4) is 0 Å². The van der Waals surface area contributed by atoms with Gasteiger partial charge in [-0.1, -0.05) is 18.2 Å². The Hall–Kier alpha value is -0.710. The molecule has 2 rings (SSSR count). The van der Waals surface area contributed by atoms with Crippen LogP contribution < -0.4 is 5.32 Å². The molecule has 0 saturated heterocycles. The van der Waals surface area contributed by atoms with Gasteiger partial charge in [0.25, 0.3) is 0 Å². The summed E-state index contributed by atoms with van der Waals surface area (Å²) < 4.78 is 14.6. The van der Waals surface area contributed by atoms with Gasteiger partial charge in [0.05, 0.1) is 0 Å². The molecule has 0 saturated carbocycles. The molecule has 4 heteroatoms. The lowest BCUT2D eigenvalue weighted by Crippen LogP contribution is -2.18. The summed E-state index contributed by atoms with van der Waals surface area (Å²) in [5.74, 6) is -0.153. The Kier molecular flexibility index (Phi) is 4.31. The van der Waals surface area contributed by atoms with Crippen LogP contribution in [0.25, 0.3) is 0 Å². The SMILES string of the molecule is C[C@@H](NCc1cc(Br)cs1)c1ccccc1F. The second-order valence-electron chi connectivity index (χ2n) is 3.86. The first-order chi connectivity index (χ1) is 8.16.